The average Bonchev–Trinajstić information content (AvgIpc) is 3.44. The topological polar surface area (TPSA) is 114 Å². The molecule has 3 aliphatic heterocycles. The predicted molar refractivity (Wildman–Crippen MR) is 197 cm³/mol. The van der Waals surface area contributed by atoms with E-state index < -0.39 is 29.4 Å². The maximum atomic E-state index is 14.3. The second-order valence-electron chi connectivity index (χ2n) is 15.0. The zero-order valence-corrected chi connectivity index (χ0v) is 30.2. The van der Waals surface area contributed by atoms with E-state index in [2.05, 4.69) is 16.0 Å². The van der Waals surface area contributed by atoms with Crippen LogP contribution in [0.1, 0.15) is 67.2 Å². The van der Waals surface area contributed by atoms with Crippen LogP contribution in [0.25, 0.3) is 0 Å². The number of carbonyl (C=O) groups excluding carboxylic acids is 4. The van der Waals surface area contributed by atoms with Gasteiger partial charge in [-0.25, -0.2) is 0 Å². The highest BCUT2D eigenvalue weighted by atomic mass is 19.4. The summed E-state index contributed by atoms with van der Waals surface area (Å²) in [7, 11) is 0. The van der Waals surface area contributed by atoms with Gasteiger partial charge in [0.05, 0.1) is 18.3 Å². The van der Waals surface area contributed by atoms with Gasteiger partial charge in [-0.3, -0.25) is 19.2 Å². The number of piperidine rings is 1. The van der Waals surface area contributed by atoms with Crippen LogP contribution in [-0.2, 0) is 44.7 Å². The molecule has 3 N–H and O–H groups in total. The van der Waals surface area contributed by atoms with Gasteiger partial charge in [0.15, 0.2) is 0 Å². The number of alkyl halides is 3. The van der Waals surface area contributed by atoms with Crippen LogP contribution in [0.4, 0.5) is 18.9 Å². The fourth-order valence-electron chi connectivity index (χ4n) is 8.51. The van der Waals surface area contributed by atoms with E-state index in [1.807, 2.05) is 59.5 Å². The fourth-order valence-corrected chi connectivity index (χ4v) is 8.51. The first-order valence-electron chi connectivity index (χ1n) is 19.0. The molecule has 0 bridgehead atoms. The molecule has 1 spiro atoms. The van der Waals surface area contributed by atoms with Crippen LogP contribution in [0.15, 0.2) is 78.9 Å². The van der Waals surface area contributed by atoms with Gasteiger partial charge < -0.3 is 30.7 Å². The van der Waals surface area contributed by atoms with Crippen molar-refractivity contribution in [1.29, 1.82) is 0 Å². The van der Waals surface area contributed by atoms with Gasteiger partial charge in [-0.2, -0.15) is 13.2 Å². The van der Waals surface area contributed by atoms with Gasteiger partial charge in [0.2, 0.25) is 17.7 Å². The molecule has 7 rings (SSSR count). The van der Waals surface area contributed by atoms with Crippen molar-refractivity contribution in [3.8, 4) is 0 Å². The lowest BCUT2D eigenvalue weighted by Gasteiger charge is -2.44. The number of hydrogen-bond donors (Lipinski definition) is 3. The molecule has 286 valence electrons. The molecular formula is C41H47F3N6O4. The van der Waals surface area contributed by atoms with E-state index in [9.17, 15) is 32.3 Å². The number of fused-ring (bicyclic) bond motifs is 1. The van der Waals surface area contributed by atoms with Crippen LogP contribution >= 0.6 is 0 Å². The summed E-state index contributed by atoms with van der Waals surface area (Å²) in [4.78, 5) is 60.8. The van der Waals surface area contributed by atoms with Crippen molar-refractivity contribution in [3.63, 3.8) is 0 Å². The van der Waals surface area contributed by atoms with Gasteiger partial charge >= 0.3 is 6.18 Å². The maximum absolute atomic E-state index is 14.3. The van der Waals surface area contributed by atoms with E-state index in [4.69, 9.17) is 0 Å². The molecule has 13 heteroatoms. The SMILES string of the molecule is O=C(CN1CN(c2ccccc2)C2(CCN(C(=O)C(Cc3ccc(C(F)(F)F)cc3)NC(=O)C3Cc4ccccc4CN3)CC2)C1=O)NC1CCCCC1. The van der Waals surface area contributed by atoms with Crippen LogP contribution in [0.3, 0.4) is 0 Å². The highest BCUT2D eigenvalue weighted by Gasteiger charge is 2.54. The minimum atomic E-state index is -4.51. The molecule has 1 saturated carbocycles. The Balaban J connectivity index is 1.07. The van der Waals surface area contributed by atoms with E-state index in [0.29, 0.717) is 31.4 Å². The highest BCUT2D eigenvalue weighted by molar-refractivity contribution is 5.97. The summed E-state index contributed by atoms with van der Waals surface area (Å²) < 4.78 is 40.0. The number of anilines is 1. The molecule has 10 nitrogen and oxygen atoms in total. The number of hydrogen-bond acceptors (Lipinski definition) is 6. The van der Waals surface area contributed by atoms with Gasteiger partial charge in [-0.1, -0.05) is 73.9 Å². The first-order chi connectivity index (χ1) is 26.0. The molecule has 2 atom stereocenters. The molecule has 1 aliphatic carbocycles. The summed E-state index contributed by atoms with van der Waals surface area (Å²) >= 11 is 0. The number of likely N-dealkylation sites (tertiary alicyclic amines) is 1. The number of rotatable bonds is 9. The Labute approximate surface area is 313 Å². The first kappa shape index (κ1) is 37.4. The number of amides is 4. The lowest BCUT2D eigenvalue weighted by molar-refractivity contribution is -0.141. The molecule has 3 aromatic rings. The molecule has 0 radical (unpaired) electrons. The third-order valence-electron chi connectivity index (χ3n) is 11.5. The Morgan fingerprint density at radius 1 is 0.870 bits per heavy atom. The molecule has 4 aliphatic rings. The molecule has 0 aromatic heterocycles. The van der Waals surface area contributed by atoms with Gasteiger partial charge in [0.25, 0.3) is 5.91 Å². The zero-order chi connectivity index (χ0) is 37.9. The van der Waals surface area contributed by atoms with E-state index in [1.54, 1.807) is 9.80 Å². The van der Waals surface area contributed by atoms with Crippen molar-refractivity contribution in [1.82, 2.24) is 25.8 Å². The second kappa shape index (κ2) is 15.8. The fraction of sp³-hybridized carbons (Fsp3) is 0.463. The molecule has 2 saturated heterocycles. The predicted octanol–water partition coefficient (Wildman–Crippen LogP) is 4.56. The third kappa shape index (κ3) is 8.11. The molecule has 54 heavy (non-hydrogen) atoms. The Morgan fingerprint density at radius 3 is 2.22 bits per heavy atom. The Bertz CT molecular complexity index is 1820. The molecule has 3 fully saturated rings. The van der Waals surface area contributed by atoms with Gasteiger partial charge in [-0.05, 0) is 73.1 Å². The normalized spacial score (nSPS) is 20.8. The molecular weight excluding hydrogens is 697 g/mol. The number of para-hydroxylation sites is 1. The smallest absolute Gasteiger partial charge is 0.352 e. The summed E-state index contributed by atoms with van der Waals surface area (Å²) in [5, 5.41) is 9.30. The van der Waals surface area contributed by atoms with E-state index in [0.717, 1.165) is 54.6 Å². The summed E-state index contributed by atoms with van der Waals surface area (Å²) in [6.45, 7) is 1.10. The number of carbonyl (C=O) groups is 4. The third-order valence-corrected chi connectivity index (χ3v) is 11.5. The molecule has 3 heterocycles. The average molecular weight is 745 g/mol. The minimum Gasteiger partial charge on any atom is -0.352 e. The van der Waals surface area contributed by atoms with E-state index >= 15 is 0 Å². The van der Waals surface area contributed by atoms with Crippen LogP contribution < -0.4 is 20.9 Å². The largest absolute Gasteiger partial charge is 0.416 e. The zero-order valence-electron chi connectivity index (χ0n) is 30.2. The molecule has 3 aromatic carbocycles. The Kier molecular flexibility index (Phi) is 11.0. The van der Waals surface area contributed by atoms with Crippen molar-refractivity contribution in [3.05, 3.63) is 101 Å². The lowest BCUT2D eigenvalue weighted by Crippen LogP contribution is -2.60. The van der Waals surface area contributed by atoms with Gasteiger partial charge in [0, 0.05) is 37.8 Å². The summed E-state index contributed by atoms with van der Waals surface area (Å²) in [5.41, 5.74) is 1.67. The highest BCUT2D eigenvalue weighted by Crippen LogP contribution is 2.40. The summed E-state index contributed by atoms with van der Waals surface area (Å²) in [6, 6.07) is 20.5. The quantitative estimate of drug-likeness (QED) is 0.296. The monoisotopic (exact) mass is 744 g/mol. The number of nitrogens with zero attached hydrogens (tertiary/aromatic N) is 3. The summed E-state index contributed by atoms with van der Waals surface area (Å²) in [6.07, 6.45) is 1.72. The Morgan fingerprint density at radius 2 is 1.54 bits per heavy atom. The summed E-state index contributed by atoms with van der Waals surface area (Å²) in [5.74, 6) is -1.07. The maximum Gasteiger partial charge on any atom is 0.416 e. The standard InChI is InChI=1S/C41H47F3N6O4/c42-41(43,44)31-17-15-28(16-18-31)23-35(47-37(52)34-24-29-9-7-8-10-30(29)25-45-34)38(53)48-21-19-40(20-22-48)39(54)49(27-50(40)33-13-5-2-6-14-33)26-36(51)46-32-11-3-1-4-12-32/h2,5-10,13-18,32,34-35,45H,1,3-4,11-12,19-27H2,(H,46,51)(H,47,52). The van der Waals surface area contributed by atoms with Crippen LogP contribution in [0.5, 0.6) is 0 Å². The first-order valence-corrected chi connectivity index (χ1v) is 19.0. The van der Waals surface area contributed by atoms with E-state index in [-0.39, 0.29) is 62.4 Å². The van der Waals surface area contributed by atoms with E-state index in [1.165, 1.54) is 18.6 Å². The lowest BCUT2D eigenvalue weighted by atomic mass is 9.85. The second-order valence-corrected chi connectivity index (χ2v) is 15.0. The molecule has 4 amide bonds. The van der Waals surface area contributed by atoms with Crippen LogP contribution in [-0.4, -0.2) is 83.4 Å². The van der Waals surface area contributed by atoms with Crippen molar-refractivity contribution in [2.24, 2.45) is 0 Å². The van der Waals surface area contributed by atoms with Crippen LogP contribution in [0, 0.1) is 0 Å². The van der Waals surface area contributed by atoms with Crippen molar-refractivity contribution in [2.45, 2.75) is 94.2 Å². The van der Waals surface area contributed by atoms with Gasteiger partial charge in [-0.15, -0.1) is 0 Å². The van der Waals surface area contributed by atoms with Crippen LogP contribution in [0.2, 0.25) is 0 Å². The minimum absolute atomic E-state index is 0.00733. The van der Waals surface area contributed by atoms with Crippen molar-refractivity contribution < 1.29 is 32.3 Å². The Hall–Kier alpha value is -4.91. The van der Waals surface area contributed by atoms with Crippen molar-refractivity contribution in [2.75, 3.05) is 31.2 Å². The number of nitrogens with one attached hydrogen (secondary N) is 3. The van der Waals surface area contributed by atoms with Crippen molar-refractivity contribution >= 4 is 29.3 Å². The number of halogens is 3. The molecule has 2 unspecified atom stereocenters. The number of benzene rings is 3. The van der Waals surface area contributed by atoms with Gasteiger partial charge in [0.1, 0.15) is 18.1 Å².